The summed E-state index contributed by atoms with van der Waals surface area (Å²) in [6, 6.07) is 14.1. The Morgan fingerprint density at radius 2 is 1.92 bits per heavy atom. The molecule has 1 amide bonds. The van der Waals surface area contributed by atoms with Crippen molar-refractivity contribution in [2.45, 2.75) is 4.90 Å². The SMILES string of the molecule is COc1cccc(C(=O)OCC(=O)NCCSc2ccc(Cl)cc2)c1. The van der Waals surface area contributed by atoms with Gasteiger partial charge < -0.3 is 14.8 Å². The van der Waals surface area contributed by atoms with Gasteiger partial charge in [-0.3, -0.25) is 4.79 Å². The van der Waals surface area contributed by atoms with Crippen LogP contribution >= 0.6 is 23.4 Å². The van der Waals surface area contributed by atoms with Crippen LogP contribution < -0.4 is 10.1 Å². The molecule has 0 bridgehead atoms. The van der Waals surface area contributed by atoms with Gasteiger partial charge in [0.1, 0.15) is 5.75 Å². The molecule has 0 aliphatic rings. The average Bonchev–Trinajstić information content (AvgIpc) is 2.64. The highest BCUT2D eigenvalue weighted by atomic mass is 35.5. The standard InChI is InChI=1S/C18H18ClNO4S/c1-23-15-4-2-3-13(11-15)18(22)24-12-17(21)20-9-10-25-16-7-5-14(19)6-8-16/h2-8,11H,9-10,12H2,1H3,(H,20,21). The Hall–Kier alpha value is -2.18. The second-order valence-electron chi connectivity index (χ2n) is 4.96. The second-order valence-corrected chi connectivity index (χ2v) is 6.57. The maximum atomic E-state index is 11.9. The lowest BCUT2D eigenvalue weighted by Crippen LogP contribution is -2.30. The monoisotopic (exact) mass is 379 g/mol. The highest BCUT2D eigenvalue weighted by molar-refractivity contribution is 7.99. The van der Waals surface area contributed by atoms with Gasteiger partial charge in [-0.25, -0.2) is 4.79 Å². The number of amides is 1. The number of carbonyl (C=O) groups excluding carboxylic acids is 2. The van der Waals surface area contributed by atoms with Crippen molar-refractivity contribution in [3.63, 3.8) is 0 Å². The van der Waals surface area contributed by atoms with E-state index in [0.717, 1.165) is 4.90 Å². The van der Waals surface area contributed by atoms with Gasteiger partial charge in [-0.15, -0.1) is 11.8 Å². The summed E-state index contributed by atoms with van der Waals surface area (Å²) in [5, 5.41) is 3.40. The number of esters is 1. The number of rotatable bonds is 8. The minimum absolute atomic E-state index is 0.318. The Morgan fingerprint density at radius 1 is 1.16 bits per heavy atom. The fourth-order valence-electron chi connectivity index (χ4n) is 1.91. The minimum atomic E-state index is -0.565. The van der Waals surface area contributed by atoms with Crippen molar-refractivity contribution in [1.29, 1.82) is 0 Å². The molecule has 2 rings (SSSR count). The van der Waals surface area contributed by atoms with E-state index >= 15 is 0 Å². The normalized spacial score (nSPS) is 10.2. The summed E-state index contributed by atoms with van der Waals surface area (Å²) < 4.78 is 10.0. The molecule has 7 heteroatoms. The van der Waals surface area contributed by atoms with E-state index in [1.54, 1.807) is 36.0 Å². The Balaban J connectivity index is 1.66. The van der Waals surface area contributed by atoms with Crippen LogP contribution in [0.3, 0.4) is 0 Å². The first-order valence-electron chi connectivity index (χ1n) is 7.55. The van der Waals surface area contributed by atoms with Crippen molar-refractivity contribution < 1.29 is 19.1 Å². The Bertz CT molecular complexity index is 721. The van der Waals surface area contributed by atoms with Crippen molar-refractivity contribution in [3.8, 4) is 5.75 Å². The fraction of sp³-hybridized carbons (Fsp3) is 0.222. The van der Waals surface area contributed by atoms with Crippen LogP contribution in [0.25, 0.3) is 0 Å². The fourth-order valence-corrected chi connectivity index (χ4v) is 2.80. The van der Waals surface area contributed by atoms with Crippen molar-refractivity contribution in [3.05, 3.63) is 59.1 Å². The molecule has 0 unspecified atom stereocenters. The summed E-state index contributed by atoms with van der Waals surface area (Å²) >= 11 is 7.42. The van der Waals surface area contributed by atoms with Crippen molar-refractivity contribution in [2.24, 2.45) is 0 Å². The largest absolute Gasteiger partial charge is 0.497 e. The van der Waals surface area contributed by atoms with Gasteiger partial charge >= 0.3 is 5.97 Å². The summed E-state index contributed by atoms with van der Waals surface area (Å²) in [5.41, 5.74) is 0.338. The molecule has 132 valence electrons. The first-order valence-corrected chi connectivity index (χ1v) is 8.91. The van der Waals surface area contributed by atoms with Crippen LogP contribution in [-0.2, 0) is 9.53 Å². The number of halogens is 1. The third kappa shape index (κ3) is 6.68. The van der Waals surface area contributed by atoms with E-state index in [1.165, 1.54) is 7.11 Å². The van der Waals surface area contributed by atoms with Gasteiger partial charge in [0.05, 0.1) is 12.7 Å². The molecule has 0 radical (unpaired) electrons. The zero-order valence-corrected chi connectivity index (χ0v) is 15.2. The lowest BCUT2D eigenvalue weighted by molar-refractivity contribution is -0.124. The highest BCUT2D eigenvalue weighted by Crippen LogP contribution is 2.19. The average molecular weight is 380 g/mol. The second kappa shape index (κ2) is 9.96. The van der Waals surface area contributed by atoms with Gasteiger partial charge in [0.25, 0.3) is 5.91 Å². The number of methoxy groups -OCH3 is 1. The molecule has 0 heterocycles. The van der Waals surface area contributed by atoms with Crippen LogP contribution in [-0.4, -0.2) is 37.9 Å². The van der Waals surface area contributed by atoms with Crippen LogP contribution in [0.15, 0.2) is 53.4 Å². The van der Waals surface area contributed by atoms with E-state index in [9.17, 15) is 9.59 Å². The maximum absolute atomic E-state index is 11.9. The van der Waals surface area contributed by atoms with Crippen molar-refractivity contribution in [1.82, 2.24) is 5.32 Å². The number of ether oxygens (including phenoxy) is 2. The zero-order valence-electron chi connectivity index (χ0n) is 13.7. The minimum Gasteiger partial charge on any atom is -0.497 e. The van der Waals surface area contributed by atoms with Gasteiger partial charge in [-0.05, 0) is 42.5 Å². The molecular formula is C18H18ClNO4S. The third-order valence-electron chi connectivity index (χ3n) is 3.15. The topological polar surface area (TPSA) is 64.6 Å². The van der Waals surface area contributed by atoms with E-state index in [0.29, 0.717) is 28.6 Å². The number of hydrogen-bond donors (Lipinski definition) is 1. The maximum Gasteiger partial charge on any atom is 0.338 e. The van der Waals surface area contributed by atoms with E-state index in [4.69, 9.17) is 21.1 Å². The summed E-state index contributed by atoms with van der Waals surface area (Å²) in [4.78, 5) is 24.7. The number of nitrogens with one attached hydrogen (secondary N) is 1. The van der Waals surface area contributed by atoms with Gasteiger partial charge in [0.2, 0.25) is 0 Å². The molecular weight excluding hydrogens is 362 g/mol. The van der Waals surface area contributed by atoms with Crippen LogP contribution in [0.2, 0.25) is 5.02 Å². The van der Waals surface area contributed by atoms with E-state index in [2.05, 4.69) is 5.32 Å². The first kappa shape index (κ1) is 19.1. The lowest BCUT2D eigenvalue weighted by atomic mass is 10.2. The van der Waals surface area contributed by atoms with Crippen LogP contribution in [0.4, 0.5) is 0 Å². The Morgan fingerprint density at radius 3 is 2.64 bits per heavy atom. The van der Waals surface area contributed by atoms with Crippen LogP contribution in [0, 0.1) is 0 Å². The zero-order chi connectivity index (χ0) is 18.1. The molecule has 2 aromatic carbocycles. The van der Waals surface area contributed by atoms with Gasteiger partial charge in [0.15, 0.2) is 6.61 Å². The number of thioether (sulfide) groups is 1. The molecule has 0 atom stereocenters. The number of carbonyl (C=O) groups is 2. The predicted molar refractivity (Wildman–Crippen MR) is 98.5 cm³/mol. The summed E-state index contributed by atoms with van der Waals surface area (Å²) in [6.07, 6.45) is 0. The molecule has 0 aliphatic heterocycles. The number of benzene rings is 2. The molecule has 2 aromatic rings. The van der Waals surface area contributed by atoms with E-state index in [-0.39, 0.29) is 12.5 Å². The van der Waals surface area contributed by atoms with Gasteiger partial charge in [-0.2, -0.15) is 0 Å². The number of hydrogen-bond acceptors (Lipinski definition) is 5. The Kier molecular flexibility index (Phi) is 7.63. The quantitative estimate of drug-likeness (QED) is 0.432. The van der Waals surface area contributed by atoms with Crippen molar-refractivity contribution in [2.75, 3.05) is 26.0 Å². The molecule has 0 aromatic heterocycles. The molecule has 0 saturated carbocycles. The molecule has 1 N–H and O–H groups in total. The third-order valence-corrected chi connectivity index (χ3v) is 4.41. The van der Waals surface area contributed by atoms with Crippen LogP contribution in [0.5, 0.6) is 5.75 Å². The predicted octanol–water partition coefficient (Wildman–Crippen LogP) is 3.41. The van der Waals surface area contributed by atoms with Crippen LogP contribution in [0.1, 0.15) is 10.4 Å². The molecule has 0 spiro atoms. The molecule has 5 nitrogen and oxygen atoms in total. The smallest absolute Gasteiger partial charge is 0.338 e. The van der Waals surface area contributed by atoms with E-state index < -0.39 is 5.97 Å². The van der Waals surface area contributed by atoms with E-state index in [1.807, 2.05) is 24.3 Å². The molecule has 25 heavy (non-hydrogen) atoms. The molecule has 0 saturated heterocycles. The first-order chi connectivity index (χ1) is 12.1. The summed E-state index contributed by atoms with van der Waals surface area (Å²) in [6.45, 7) is 0.157. The lowest BCUT2D eigenvalue weighted by Gasteiger charge is -2.07. The molecule has 0 fully saturated rings. The van der Waals surface area contributed by atoms with Crippen molar-refractivity contribution >= 4 is 35.2 Å². The molecule has 0 aliphatic carbocycles. The summed E-state index contributed by atoms with van der Waals surface area (Å²) in [5.74, 6) is 0.354. The summed E-state index contributed by atoms with van der Waals surface area (Å²) in [7, 11) is 1.51. The highest BCUT2D eigenvalue weighted by Gasteiger charge is 2.10. The van der Waals surface area contributed by atoms with Gasteiger partial charge in [0, 0.05) is 22.2 Å². The van der Waals surface area contributed by atoms with Gasteiger partial charge in [-0.1, -0.05) is 17.7 Å². The Labute approximate surface area is 155 Å².